The topological polar surface area (TPSA) is 81.4 Å². The predicted octanol–water partition coefficient (Wildman–Crippen LogP) is 4.93. The van der Waals surface area contributed by atoms with Crippen LogP contribution in [0.15, 0.2) is 58.3 Å². The molecule has 0 saturated heterocycles. The lowest BCUT2D eigenvalue weighted by molar-refractivity contribution is -0.147. The molecule has 188 valence electrons. The molecule has 0 fully saturated rings. The number of rotatable bonds is 14. The predicted molar refractivity (Wildman–Crippen MR) is 147 cm³/mol. The van der Waals surface area contributed by atoms with Crippen molar-refractivity contribution in [2.45, 2.75) is 41.6 Å². The lowest BCUT2D eigenvalue weighted by Crippen LogP contribution is -2.50. The third-order valence-corrected chi connectivity index (χ3v) is 7.37. The molecule has 0 spiro atoms. The van der Waals surface area contributed by atoms with Crippen molar-refractivity contribution in [3.63, 3.8) is 0 Å². The molecule has 2 aromatic rings. The molecule has 0 bridgehead atoms. The second-order valence-corrected chi connectivity index (χ2v) is 10.3. The molecule has 2 aromatic carbocycles. The minimum Gasteiger partial charge on any atom is -0.464 e. The number of nitrogens with one attached hydrogen (secondary N) is 1. The van der Waals surface area contributed by atoms with Crippen molar-refractivity contribution in [1.29, 1.82) is 0 Å². The number of alkyl halides is 2. The van der Waals surface area contributed by atoms with E-state index in [0.717, 1.165) is 32.4 Å². The molecule has 0 aliphatic carbocycles. The molecule has 0 radical (unpaired) electrons. The van der Waals surface area contributed by atoms with E-state index in [1.54, 1.807) is 30.4 Å². The molecular weight excluding hydrogens is 535 g/mol. The van der Waals surface area contributed by atoms with E-state index in [-0.39, 0.29) is 19.0 Å². The maximum atomic E-state index is 12.9. The number of thioether (sulfide) groups is 2. The van der Waals surface area contributed by atoms with Crippen LogP contribution in [0.5, 0.6) is 0 Å². The Morgan fingerprint density at radius 3 is 2.09 bits per heavy atom. The quantitative estimate of drug-likeness (QED) is 0.192. The fraction of sp³-hybridized carbons (Fsp3) is 0.417. The lowest BCUT2D eigenvalue weighted by atomic mass is 10.0. The number of carbonyl (C=O) groups is 2. The van der Waals surface area contributed by atoms with Crippen molar-refractivity contribution >= 4 is 71.0 Å². The summed E-state index contributed by atoms with van der Waals surface area (Å²) >= 11 is 15.0. The molecule has 1 amide bonds. The molecule has 2 atom stereocenters. The normalized spacial score (nSPS) is 12.4. The van der Waals surface area contributed by atoms with Crippen LogP contribution < -0.4 is 11.1 Å². The zero-order chi connectivity index (χ0) is 24.1. The monoisotopic (exact) mass is 564 g/mol. The average molecular weight is 566 g/mol. The Kier molecular flexibility index (Phi) is 15.8. The van der Waals surface area contributed by atoms with Gasteiger partial charge in [-0.25, -0.2) is 4.79 Å². The summed E-state index contributed by atoms with van der Waals surface area (Å²) in [6.45, 7) is 1.97. The van der Waals surface area contributed by atoms with Crippen molar-refractivity contribution in [1.82, 2.24) is 5.32 Å². The van der Waals surface area contributed by atoms with Crippen LogP contribution in [-0.2, 0) is 27.2 Å². The molecule has 10 heteroatoms. The van der Waals surface area contributed by atoms with Crippen LogP contribution >= 0.6 is 59.1 Å². The Hall–Kier alpha value is -1.09. The molecule has 34 heavy (non-hydrogen) atoms. The van der Waals surface area contributed by atoms with Gasteiger partial charge in [-0.1, -0.05) is 30.3 Å². The summed E-state index contributed by atoms with van der Waals surface area (Å²) < 4.78 is 5.16. The lowest BCUT2D eigenvalue weighted by Gasteiger charge is -2.20. The highest BCUT2D eigenvalue weighted by Crippen LogP contribution is 2.28. The number of nitrogens with two attached hydrogens (primary N) is 1. The van der Waals surface area contributed by atoms with Gasteiger partial charge in [-0.2, -0.15) is 0 Å². The van der Waals surface area contributed by atoms with Crippen molar-refractivity contribution in [3.8, 4) is 0 Å². The van der Waals surface area contributed by atoms with Crippen LogP contribution in [0.25, 0.3) is 0 Å². The van der Waals surface area contributed by atoms with Gasteiger partial charge in [-0.15, -0.1) is 59.1 Å². The van der Waals surface area contributed by atoms with Crippen molar-refractivity contribution in [2.75, 3.05) is 29.9 Å². The molecule has 0 saturated carbocycles. The summed E-state index contributed by atoms with van der Waals surface area (Å²) in [6.07, 6.45) is 0.679. The Morgan fingerprint density at radius 1 is 0.971 bits per heavy atom. The van der Waals surface area contributed by atoms with Crippen LogP contribution in [0.4, 0.5) is 0 Å². The van der Waals surface area contributed by atoms with E-state index in [9.17, 15) is 9.59 Å². The van der Waals surface area contributed by atoms with Gasteiger partial charge in [0.15, 0.2) is 0 Å². The van der Waals surface area contributed by atoms with Gasteiger partial charge in [-0.05, 0) is 42.7 Å². The van der Waals surface area contributed by atoms with Gasteiger partial charge in [0.2, 0.25) is 5.91 Å². The SMILES string of the molecule is CCOC(=O)[C@H](Cc1ccccc1)NC(=O)[C@@H](N)Cc1cc(SCCCl)cc(SCCCl)c1.Cl. The molecule has 2 rings (SSSR count). The fourth-order valence-corrected chi connectivity index (χ4v) is 5.19. The van der Waals surface area contributed by atoms with E-state index in [1.165, 1.54) is 0 Å². The van der Waals surface area contributed by atoms with Crippen LogP contribution in [0.1, 0.15) is 18.1 Å². The molecule has 3 N–H and O–H groups in total. The number of hydrogen-bond acceptors (Lipinski definition) is 6. The molecule has 0 aromatic heterocycles. The third-order valence-electron chi connectivity index (χ3n) is 4.59. The van der Waals surface area contributed by atoms with E-state index < -0.39 is 24.0 Å². The first kappa shape index (κ1) is 30.9. The van der Waals surface area contributed by atoms with Crippen molar-refractivity contribution in [2.24, 2.45) is 5.73 Å². The highest BCUT2D eigenvalue weighted by molar-refractivity contribution is 8.00. The van der Waals surface area contributed by atoms with Crippen molar-refractivity contribution < 1.29 is 14.3 Å². The maximum Gasteiger partial charge on any atom is 0.328 e. The van der Waals surface area contributed by atoms with Crippen LogP contribution in [-0.4, -0.2) is 53.8 Å². The zero-order valence-corrected chi connectivity index (χ0v) is 23.0. The first-order chi connectivity index (χ1) is 16.0. The third kappa shape index (κ3) is 11.1. The van der Waals surface area contributed by atoms with Gasteiger partial charge in [0, 0.05) is 39.5 Å². The van der Waals surface area contributed by atoms with Crippen molar-refractivity contribution in [3.05, 3.63) is 59.7 Å². The summed E-state index contributed by atoms with van der Waals surface area (Å²) in [5.74, 6) is 1.82. The number of ether oxygens (including phenoxy) is 1. The average Bonchev–Trinajstić information content (AvgIpc) is 2.81. The van der Waals surface area contributed by atoms with Gasteiger partial charge < -0.3 is 15.8 Å². The summed E-state index contributed by atoms with van der Waals surface area (Å²) in [7, 11) is 0. The van der Waals surface area contributed by atoms with E-state index in [4.69, 9.17) is 33.7 Å². The van der Waals surface area contributed by atoms with E-state index in [2.05, 4.69) is 11.4 Å². The number of carbonyl (C=O) groups excluding carboxylic acids is 2. The molecule has 5 nitrogen and oxygen atoms in total. The zero-order valence-electron chi connectivity index (χ0n) is 19.0. The summed E-state index contributed by atoms with van der Waals surface area (Å²) in [6, 6.07) is 14.0. The Bertz CT molecular complexity index is 865. The maximum absolute atomic E-state index is 12.9. The minimum atomic E-state index is -0.808. The van der Waals surface area contributed by atoms with E-state index in [1.807, 2.05) is 42.5 Å². The number of benzene rings is 2. The highest BCUT2D eigenvalue weighted by atomic mass is 35.5. The molecule has 0 unspecified atom stereocenters. The van der Waals surface area contributed by atoms with Crippen LogP contribution in [0, 0.1) is 0 Å². The number of hydrogen-bond donors (Lipinski definition) is 2. The van der Waals surface area contributed by atoms with E-state index in [0.29, 0.717) is 24.6 Å². The molecule has 0 aliphatic rings. The summed E-state index contributed by atoms with van der Waals surface area (Å²) in [5.41, 5.74) is 8.12. The second kappa shape index (κ2) is 17.4. The van der Waals surface area contributed by atoms with Crippen LogP contribution in [0.3, 0.4) is 0 Å². The first-order valence-corrected chi connectivity index (χ1v) is 13.8. The fourth-order valence-electron chi connectivity index (χ4n) is 3.14. The Balaban J connectivity index is 0.00000578. The Labute approximate surface area is 226 Å². The molecular formula is C24H31Cl3N2O3S2. The summed E-state index contributed by atoms with van der Waals surface area (Å²) in [4.78, 5) is 27.5. The van der Waals surface area contributed by atoms with Crippen LogP contribution in [0.2, 0.25) is 0 Å². The minimum absolute atomic E-state index is 0. The van der Waals surface area contributed by atoms with E-state index >= 15 is 0 Å². The number of halogens is 3. The largest absolute Gasteiger partial charge is 0.464 e. The van der Waals surface area contributed by atoms with Gasteiger partial charge in [0.1, 0.15) is 6.04 Å². The van der Waals surface area contributed by atoms with Gasteiger partial charge >= 0.3 is 5.97 Å². The molecule has 0 heterocycles. The number of amides is 1. The Morgan fingerprint density at radius 2 is 1.56 bits per heavy atom. The van der Waals surface area contributed by atoms with Gasteiger partial charge in [0.05, 0.1) is 12.6 Å². The standard InChI is InChI=1S/C24H30Cl2N2O3S2.ClH/c1-2-31-24(30)22(15-17-6-4-3-5-7-17)28-23(29)21(27)14-18-12-19(32-10-8-25)16-20(13-18)33-11-9-26;/h3-7,12-13,16,21-22H,2,8-11,14-15,27H2,1H3,(H,28,29);1H/t21-,22-;/m0./s1. The smallest absolute Gasteiger partial charge is 0.328 e. The molecule has 0 aliphatic heterocycles. The second-order valence-electron chi connectivity index (χ2n) is 7.20. The highest BCUT2D eigenvalue weighted by Gasteiger charge is 2.25. The number of esters is 1. The summed E-state index contributed by atoms with van der Waals surface area (Å²) in [5, 5.41) is 2.78. The van der Waals surface area contributed by atoms with Gasteiger partial charge in [-0.3, -0.25) is 4.79 Å². The van der Waals surface area contributed by atoms with Gasteiger partial charge in [0.25, 0.3) is 0 Å². The first-order valence-electron chi connectivity index (χ1n) is 10.7.